The maximum atomic E-state index is 10.5. The van der Waals surface area contributed by atoms with Crippen LogP contribution < -0.4 is 20.4 Å². The molecule has 8 nitrogen and oxygen atoms in total. The summed E-state index contributed by atoms with van der Waals surface area (Å²) in [4.78, 5) is 35.1. The molecule has 0 bridgehead atoms. The van der Waals surface area contributed by atoms with Crippen molar-refractivity contribution >= 4 is 34.6 Å². The molecule has 0 aliphatic heterocycles. The Kier molecular flexibility index (Phi) is 18.6. The number of carboxylic acids is 4. The van der Waals surface area contributed by atoms with E-state index in [2.05, 4.69) is 60.7 Å². The zero-order valence-electron chi connectivity index (χ0n) is 21.2. The van der Waals surface area contributed by atoms with Crippen LogP contribution in [0.15, 0.2) is 60.7 Å². The Labute approximate surface area is 273 Å². The first-order valence-corrected chi connectivity index (χ1v) is 10.5. The summed E-state index contributed by atoms with van der Waals surface area (Å²) in [5, 5.41) is 37.9. The molecule has 3 aromatic rings. The standard InChI is InChI=1S/C16H10.4C2HF3O2.2Rh/c1-2-8-13-12(7-1)14-9-3-5-11-6-4-10-15(13)16(11)14;4*3-2(4,5)1(6)7;;/h1-10H;4*(H,6,7);;/q;;;;;2*+2/p-4. The molecule has 0 saturated carbocycles. The second kappa shape index (κ2) is 18.4. The Bertz CT molecular complexity index is 1330. The number of benzene rings is 3. The second-order valence-electron chi connectivity index (χ2n) is 7.40. The van der Waals surface area contributed by atoms with Gasteiger partial charge in [-0.05, 0) is 33.0 Å². The van der Waals surface area contributed by atoms with E-state index in [0.717, 1.165) is 0 Å². The molecule has 1 aliphatic rings. The Morgan fingerprint density at radius 3 is 0.783 bits per heavy atom. The number of halogens is 12. The Morgan fingerprint density at radius 1 is 0.391 bits per heavy atom. The van der Waals surface area contributed by atoms with Gasteiger partial charge in [0.2, 0.25) is 0 Å². The van der Waals surface area contributed by atoms with Gasteiger partial charge >= 0.3 is 63.7 Å². The van der Waals surface area contributed by atoms with Crippen LogP contribution in [0.2, 0.25) is 0 Å². The molecule has 0 aromatic heterocycles. The predicted molar refractivity (Wildman–Crippen MR) is 113 cm³/mol. The molecule has 46 heavy (non-hydrogen) atoms. The summed E-state index contributed by atoms with van der Waals surface area (Å²) in [6.07, 6.45) is -20.8. The molecular weight excluding hydrogens is 850 g/mol. The summed E-state index contributed by atoms with van der Waals surface area (Å²) in [6.45, 7) is 0. The van der Waals surface area contributed by atoms with Crippen LogP contribution in [0.1, 0.15) is 0 Å². The van der Waals surface area contributed by atoms with Crippen LogP contribution in [-0.4, -0.2) is 48.6 Å². The minimum Gasteiger partial charge on any atom is -0.542 e. The van der Waals surface area contributed by atoms with E-state index in [1.54, 1.807) is 0 Å². The van der Waals surface area contributed by atoms with Crippen molar-refractivity contribution in [2.24, 2.45) is 0 Å². The van der Waals surface area contributed by atoms with Crippen molar-refractivity contribution < 1.29 is 131 Å². The zero-order chi connectivity index (χ0) is 34.8. The zero-order valence-corrected chi connectivity index (χ0v) is 24.5. The summed E-state index contributed by atoms with van der Waals surface area (Å²) in [7, 11) is 0. The van der Waals surface area contributed by atoms with Crippen molar-refractivity contribution in [2.45, 2.75) is 24.7 Å². The molecule has 1 aliphatic carbocycles. The van der Waals surface area contributed by atoms with E-state index in [1.807, 2.05) is 0 Å². The van der Waals surface area contributed by atoms with Gasteiger partial charge in [0.25, 0.3) is 0 Å². The molecule has 2 radical (unpaired) electrons. The van der Waals surface area contributed by atoms with Gasteiger partial charge in [0.1, 0.15) is 23.9 Å². The Morgan fingerprint density at radius 2 is 0.587 bits per heavy atom. The molecule has 0 N–H and O–H groups in total. The molecule has 0 atom stereocenters. The van der Waals surface area contributed by atoms with E-state index in [1.165, 1.54) is 33.0 Å². The van der Waals surface area contributed by atoms with Crippen molar-refractivity contribution in [3.05, 3.63) is 60.7 Å². The van der Waals surface area contributed by atoms with Gasteiger partial charge in [-0.15, -0.1) is 0 Å². The van der Waals surface area contributed by atoms with Crippen LogP contribution in [0.5, 0.6) is 0 Å². The molecular formula is C24H10F12O8Rh2. The summed E-state index contributed by atoms with van der Waals surface area (Å²) >= 11 is 0. The number of hydrogen-bond donors (Lipinski definition) is 0. The summed E-state index contributed by atoms with van der Waals surface area (Å²) in [5.74, 6) is -12.0. The Hall–Kier alpha value is -3.79. The van der Waals surface area contributed by atoms with E-state index in [-0.39, 0.29) is 39.0 Å². The summed E-state index contributed by atoms with van der Waals surface area (Å²) in [5.41, 5.74) is 5.50. The van der Waals surface area contributed by atoms with E-state index in [9.17, 15) is 52.7 Å². The van der Waals surface area contributed by atoms with E-state index >= 15 is 0 Å². The van der Waals surface area contributed by atoms with Gasteiger partial charge in [0.05, 0.1) is 0 Å². The van der Waals surface area contributed by atoms with E-state index in [0.29, 0.717) is 0 Å². The van der Waals surface area contributed by atoms with Crippen molar-refractivity contribution in [3.63, 3.8) is 0 Å². The van der Waals surface area contributed by atoms with Gasteiger partial charge in [0.15, 0.2) is 0 Å². The molecule has 0 spiro atoms. The SMILES string of the molecule is O=C([O-])C(F)(F)F.O=C([O-])C(F)(F)F.O=C([O-])C(F)(F)F.O=C([O-])C(F)(F)F.[Rh+2].[Rh+2].c1ccc2c(c1)-c1cccc3cccc-2c13. The topological polar surface area (TPSA) is 161 Å². The molecule has 4 rings (SSSR count). The smallest absolute Gasteiger partial charge is 0.542 e. The van der Waals surface area contributed by atoms with E-state index in [4.69, 9.17) is 39.6 Å². The van der Waals surface area contributed by atoms with Crippen LogP contribution in [0.3, 0.4) is 0 Å². The average Bonchev–Trinajstić information content (AvgIpc) is 3.19. The van der Waals surface area contributed by atoms with E-state index < -0.39 is 48.6 Å². The number of rotatable bonds is 0. The maximum absolute atomic E-state index is 10.5. The third-order valence-corrected chi connectivity index (χ3v) is 4.34. The average molecular weight is 860 g/mol. The van der Waals surface area contributed by atoms with Gasteiger partial charge in [0, 0.05) is 0 Å². The number of hydrogen-bond acceptors (Lipinski definition) is 8. The van der Waals surface area contributed by atoms with Crippen LogP contribution in [0, 0.1) is 0 Å². The van der Waals surface area contributed by atoms with Crippen molar-refractivity contribution in [3.8, 4) is 22.3 Å². The second-order valence-corrected chi connectivity index (χ2v) is 7.40. The molecule has 0 heterocycles. The van der Waals surface area contributed by atoms with Crippen molar-refractivity contribution in [1.82, 2.24) is 0 Å². The normalized spacial score (nSPS) is 11.0. The minimum absolute atomic E-state index is 0. The van der Waals surface area contributed by atoms with Gasteiger partial charge in [-0.1, -0.05) is 60.7 Å². The molecule has 3 aromatic carbocycles. The quantitative estimate of drug-likeness (QED) is 0.191. The Balaban J connectivity index is -0.000000537. The maximum Gasteiger partial charge on any atom is 2.00 e. The molecule has 256 valence electrons. The minimum atomic E-state index is -5.19. The summed E-state index contributed by atoms with van der Waals surface area (Å²) < 4.78 is 126. The van der Waals surface area contributed by atoms with Crippen LogP contribution in [0.25, 0.3) is 33.0 Å². The first-order chi connectivity index (χ1) is 19.7. The number of aliphatic carboxylic acids is 4. The fourth-order valence-corrected chi connectivity index (χ4v) is 2.74. The number of carbonyl (C=O) groups excluding carboxylic acids is 4. The molecule has 0 amide bonds. The molecule has 22 heteroatoms. The summed E-state index contributed by atoms with van der Waals surface area (Å²) in [6, 6.07) is 21.8. The van der Waals surface area contributed by atoms with Crippen LogP contribution in [0.4, 0.5) is 52.7 Å². The molecule has 0 fully saturated rings. The number of carboxylic acid groups (broad SMARTS) is 4. The van der Waals surface area contributed by atoms with Crippen LogP contribution in [-0.2, 0) is 58.1 Å². The first-order valence-electron chi connectivity index (χ1n) is 10.5. The van der Waals surface area contributed by atoms with Gasteiger partial charge in [-0.2, -0.15) is 52.7 Å². The predicted octanol–water partition coefficient (Wildman–Crippen LogP) is 1.68. The van der Waals surface area contributed by atoms with Crippen molar-refractivity contribution in [2.75, 3.05) is 0 Å². The molecule has 0 saturated heterocycles. The number of alkyl halides is 12. The van der Waals surface area contributed by atoms with Crippen molar-refractivity contribution in [1.29, 1.82) is 0 Å². The fraction of sp³-hybridized carbons (Fsp3) is 0.167. The monoisotopic (exact) mass is 860 g/mol. The molecule has 0 unspecified atom stereocenters. The van der Waals surface area contributed by atoms with Gasteiger partial charge < -0.3 is 39.6 Å². The van der Waals surface area contributed by atoms with Gasteiger partial charge in [-0.25, -0.2) is 0 Å². The number of carbonyl (C=O) groups is 4. The third-order valence-electron chi connectivity index (χ3n) is 4.34. The first kappa shape index (κ1) is 46.6. The van der Waals surface area contributed by atoms with Crippen LogP contribution >= 0.6 is 0 Å². The largest absolute Gasteiger partial charge is 2.00 e. The number of fused-ring (bicyclic) bond motifs is 3. The van der Waals surface area contributed by atoms with Gasteiger partial charge in [-0.3, -0.25) is 0 Å². The third kappa shape index (κ3) is 15.5. The fourth-order valence-electron chi connectivity index (χ4n) is 2.74.